The van der Waals surface area contributed by atoms with E-state index in [4.69, 9.17) is 29.9 Å². The van der Waals surface area contributed by atoms with Crippen molar-refractivity contribution >= 4 is 73.7 Å². The maximum Gasteiger partial charge on any atom is 0.277 e. The fraction of sp³-hybridized carbons (Fsp3) is 0. The zero-order valence-electron chi connectivity index (χ0n) is 25.3. The fourth-order valence-corrected chi connectivity index (χ4v) is 7.78. The average Bonchev–Trinajstić information content (AvgIpc) is 3.68. The molecule has 0 fully saturated rings. The first kappa shape index (κ1) is 25.5. The molecule has 10 heteroatoms. The third-order valence-electron chi connectivity index (χ3n) is 9.59. The third-order valence-corrected chi connectivity index (χ3v) is 9.59. The first-order chi connectivity index (χ1) is 23.9. The van der Waals surface area contributed by atoms with Gasteiger partial charge in [-0.25, -0.2) is 9.97 Å². The number of fused-ring (bicyclic) bond motifs is 9. The van der Waals surface area contributed by atoms with Crippen molar-refractivity contribution < 1.29 is 0 Å². The highest BCUT2D eigenvalue weighted by atomic mass is 15.2. The highest BCUT2D eigenvalue weighted by Gasteiger charge is 2.45. The molecule has 0 bridgehead atoms. The summed E-state index contributed by atoms with van der Waals surface area (Å²) in [6, 6.07) is 33.5. The SMILES string of the molecule is c1ccc(N2c3cc(-c4ccccn4)cc4c3B(c3nccnc32)c2ccnc3c5c6nccnc6n(-c6ccccc6)c5n-4c23)cc1. The van der Waals surface area contributed by atoms with Crippen LogP contribution in [0.1, 0.15) is 0 Å². The lowest BCUT2D eigenvalue weighted by atomic mass is 9.35. The summed E-state index contributed by atoms with van der Waals surface area (Å²) in [6.45, 7) is -0.170. The van der Waals surface area contributed by atoms with Gasteiger partial charge in [0.1, 0.15) is 11.2 Å². The molecule has 9 nitrogen and oxygen atoms in total. The molecule has 0 saturated carbocycles. The first-order valence-corrected chi connectivity index (χ1v) is 15.8. The van der Waals surface area contributed by atoms with Crippen molar-refractivity contribution in [3.63, 3.8) is 0 Å². The monoisotopic (exact) mass is 615 g/mol. The van der Waals surface area contributed by atoms with E-state index in [2.05, 4.69) is 86.8 Å². The van der Waals surface area contributed by atoms with E-state index in [1.54, 1.807) is 24.8 Å². The van der Waals surface area contributed by atoms with Crippen LogP contribution in [-0.4, -0.2) is 45.8 Å². The number of nitrogens with zero attached hydrogens (tertiary/aromatic N) is 9. The van der Waals surface area contributed by atoms with Gasteiger partial charge in [0.15, 0.2) is 11.5 Å². The Bertz CT molecular complexity index is 2740. The number of hydrogen-bond acceptors (Lipinski definition) is 7. The second-order valence-corrected chi connectivity index (χ2v) is 12.0. The Labute approximate surface area is 273 Å². The highest BCUT2D eigenvalue weighted by Crippen LogP contribution is 2.43. The summed E-state index contributed by atoms with van der Waals surface area (Å²) >= 11 is 0. The van der Waals surface area contributed by atoms with Crippen molar-refractivity contribution in [3.8, 4) is 22.6 Å². The van der Waals surface area contributed by atoms with E-state index in [0.717, 1.165) is 89.6 Å². The van der Waals surface area contributed by atoms with Gasteiger partial charge in [0.25, 0.3) is 6.71 Å². The summed E-state index contributed by atoms with van der Waals surface area (Å²) in [5, 5.41) is 0.966. The molecule has 0 radical (unpaired) electrons. The second-order valence-electron chi connectivity index (χ2n) is 12.0. The maximum atomic E-state index is 5.05. The minimum absolute atomic E-state index is 0.170. The van der Waals surface area contributed by atoms with E-state index in [1.807, 2.05) is 36.7 Å². The standard InChI is InChI=1S/C38H22BN9/c1-3-9-24(10-4-1)46-28-21-23(27-13-7-8-15-40-27)22-29-31(28)39(35-37(46)45-20-18-43-35)26-14-16-41-32-30-33-36(44-19-17-42-33)47(25-11-5-2-6-12-25)38(30)48(29)34(26)32/h1-22H. The second kappa shape index (κ2) is 9.43. The van der Waals surface area contributed by atoms with Crippen LogP contribution in [0, 0.1) is 0 Å². The molecular weight excluding hydrogens is 593 g/mol. The van der Waals surface area contributed by atoms with Gasteiger partial charge in [-0.15, -0.1) is 0 Å². The Kier molecular flexibility index (Phi) is 5.01. The first-order valence-electron chi connectivity index (χ1n) is 15.8. The summed E-state index contributed by atoms with van der Waals surface area (Å²) in [7, 11) is 0. The van der Waals surface area contributed by atoms with Crippen molar-refractivity contribution in [2.75, 3.05) is 4.90 Å². The molecule has 11 rings (SSSR count). The van der Waals surface area contributed by atoms with Crippen LogP contribution < -0.4 is 21.4 Å². The molecule has 0 atom stereocenters. The summed E-state index contributed by atoms with van der Waals surface area (Å²) in [6.07, 6.45) is 10.8. The Balaban J connectivity index is 1.38. The van der Waals surface area contributed by atoms with Crippen LogP contribution in [0.3, 0.4) is 0 Å². The minimum atomic E-state index is -0.170. The molecule has 9 aromatic rings. The highest BCUT2D eigenvalue weighted by molar-refractivity contribution is 6.99. The third kappa shape index (κ3) is 3.25. The van der Waals surface area contributed by atoms with E-state index in [0.29, 0.717) is 0 Å². The van der Waals surface area contributed by atoms with Crippen molar-refractivity contribution in [2.45, 2.75) is 0 Å². The molecule has 2 aliphatic heterocycles. The van der Waals surface area contributed by atoms with Crippen LogP contribution in [0.5, 0.6) is 0 Å². The Morgan fingerprint density at radius 3 is 2.10 bits per heavy atom. The predicted octanol–water partition coefficient (Wildman–Crippen LogP) is 5.38. The number of pyridine rings is 2. The summed E-state index contributed by atoms with van der Waals surface area (Å²) in [5.41, 5.74) is 13.6. The molecule has 0 spiro atoms. The summed E-state index contributed by atoms with van der Waals surface area (Å²) in [4.78, 5) is 31.9. The molecule has 0 amide bonds. The molecule has 6 aromatic heterocycles. The molecule has 222 valence electrons. The Hall–Kier alpha value is -6.68. The number of benzene rings is 3. The lowest BCUT2D eigenvalue weighted by Gasteiger charge is -2.38. The summed E-state index contributed by atoms with van der Waals surface area (Å²) < 4.78 is 4.59. The maximum absolute atomic E-state index is 5.05. The van der Waals surface area contributed by atoms with Crippen LogP contribution in [0.15, 0.2) is 134 Å². The molecule has 0 aliphatic carbocycles. The van der Waals surface area contributed by atoms with Gasteiger partial charge < -0.3 is 0 Å². The van der Waals surface area contributed by atoms with Crippen molar-refractivity contribution in [3.05, 3.63) is 134 Å². The van der Waals surface area contributed by atoms with Gasteiger partial charge in [-0.3, -0.25) is 34.0 Å². The number of hydrogen-bond donors (Lipinski definition) is 0. The smallest absolute Gasteiger partial charge is 0.277 e. The van der Waals surface area contributed by atoms with Gasteiger partial charge in [-0.05, 0) is 65.5 Å². The normalized spacial score (nSPS) is 12.9. The van der Waals surface area contributed by atoms with Crippen LogP contribution in [0.25, 0.3) is 55.9 Å². The van der Waals surface area contributed by atoms with E-state index in [1.165, 1.54) is 0 Å². The van der Waals surface area contributed by atoms with E-state index >= 15 is 0 Å². The Morgan fingerprint density at radius 2 is 1.27 bits per heavy atom. The molecule has 2 aliphatic rings. The average molecular weight is 615 g/mol. The zero-order chi connectivity index (χ0) is 31.3. The van der Waals surface area contributed by atoms with Gasteiger partial charge in [0.05, 0.1) is 27.7 Å². The van der Waals surface area contributed by atoms with Gasteiger partial charge in [-0.1, -0.05) is 42.5 Å². The number of anilines is 3. The molecule has 48 heavy (non-hydrogen) atoms. The molecular formula is C38H22BN9. The van der Waals surface area contributed by atoms with Crippen molar-refractivity contribution in [2.24, 2.45) is 0 Å². The lowest BCUT2D eigenvalue weighted by Crippen LogP contribution is -2.61. The number of aromatic nitrogens is 8. The quantitative estimate of drug-likeness (QED) is 0.247. The van der Waals surface area contributed by atoms with Crippen LogP contribution >= 0.6 is 0 Å². The molecule has 0 N–H and O–H groups in total. The molecule has 3 aromatic carbocycles. The molecule has 0 unspecified atom stereocenters. The van der Waals surface area contributed by atoms with Gasteiger partial charge in [0, 0.05) is 65.5 Å². The fourth-order valence-electron chi connectivity index (χ4n) is 7.78. The van der Waals surface area contributed by atoms with E-state index in [9.17, 15) is 0 Å². The zero-order valence-corrected chi connectivity index (χ0v) is 25.3. The van der Waals surface area contributed by atoms with Crippen LogP contribution in [-0.2, 0) is 0 Å². The van der Waals surface area contributed by atoms with Gasteiger partial charge in [0.2, 0.25) is 0 Å². The van der Waals surface area contributed by atoms with E-state index in [-0.39, 0.29) is 6.71 Å². The van der Waals surface area contributed by atoms with Crippen molar-refractivity contribution in [1.82, 2.24) is 39.0 Å². The number of rotatable bonds is 3. The lowest BCUT2D eigenvalue weighted by molar-refractivity contribution is 1.05. The Morgan fingerprint density at radius 1 is 0.542 bits per heavy atom. The van der Waals surface area contributed by atoms with Gasteiger partial charge >= 0.3 is 0 Å². The van der Waals surface area contributed by atoms with Crippen LogP contribution in [0.2, 0.25) is 0 Å². The van der Waals surface area contributed by atoms with E-state index < -0.39 is 0 Å². The molecule has 8 heterocycles. The van der Waals surface area contributed by atoms with Crippen molar-refractivity contribution in [1.29, 1.82) is 0 Å². The predicted molar refractivity (Wildman–Crippen MR) is 189 cm³/mol. The van der Waals surface area contributed by atoms with Gasteiger partial charge in [-0.2, -0.15) is 0 Å². The largest absolute Gasteiger partial charge is 0.295 e. The topological polar surface area (TPSA) is 90.4 Å². The number of para-hydroxylation sites is 2. The van der Waals surface area contributed by atoms with Crippen LogP contribution in [0.4, 0.5) is 17.2 Å². The summed E-state index contributed by atoms with van der Waals surface area (Å²) in [5.74, 6) is 0.810. The minimum Gasteiger partial charge on any atom is -0.295 e. The molecule has 0 saturated heterocycles.